The Morgan fingerprint density at radius 3 is 1.97 bits per heavy atom. The molecule has 2 aromatic carbocycles. The minimum atomic E-state index is -0.598. The van der Waals surface area contributed by atoms with Gasteiger partial charge in [-0.15, -0.1) is 0 Å². The average molecular weight is 450 g/mol. The Balaban J connectivity index is 2.13. The summed E-state index contributed by atoms with van der Waals surface area (Å²) < 4.78 is 21.5. The van der Waals surface area contributed by atoms with Crippen LogP contribution in [0.25, 0.3) is 11.1 Å². The van der Waals surface area contributed by atoms with Crippen LogP contribution in [0.5, 0.6) is 11.5 Å². The number of ether oxygens (including phenoxy) is 4. The van der Waals surface area contributed by atoms with Crippen molar-refractivity contribution in [3.63, 3.8) is 0 Å². The van der Waals surface area contributed by atoms with Crippen molar-refractivity contribution in [3.05, 3.63) is 76.1 Å². The van der Waals surface area contributed by atoms with Crippen LogP contribution in [0.15, 0.2) is 42.5 Å². The summed E-state index contributed by atoms with van der Waals surface area (Å²) in [4.78, 5) is 29.7. The van der Waals surface area contributed by atoms with Gasteiger partial charge in [-0.05, 0) is 49.6 Å². The molecule has 1 aromatic heterocycles. The topological polar surface area (TPSA) is 84.0 Å². The fourth-order valence-corrected chi connectivity index (χ4v) is 3.71. The van der Waals surface area contributed by atoms with E-state index in [9.17, 15) is 9.59 Å². The molecule has 0 aliphatic carbocycles. The molecule has 0 saturated carbocycles. The van der Waals surface area contributed by atoms with E-state index in [0.717, 1.165) is 11.1 Å². The monoisotopic (exact) mass is 449 g/mol. The highest BCUT2D eigenvalue weighted by molar-refractivity contribution is 6.07. The SMILES string of the molecule is COC(=O)c1c(C)nc(C)c(C(=O)OC)c1-c1ccc(OCc2ccccc2C)c(OC)c1. The van der Waals surface area contributed by atoms with Crippen molar-refractivity contribution in [3.8, 4) is 22.6 Å². The van der Waals surface area contributed by atoms with Gasteiger partial charge in [0.25, 0.3) is 0 Å². The quantitative estimate of drug-likeness (QED) is 0.478. The van der Waals surface area contributed by atoms with Crippen LogP contribution in [0.1, 0.15) is 43.2 Å². The van der Waals surface area contributed by atoms with E-state index < -0.39 is 11.9 Å². The van der Waals surface area contributed by atoms with Gasteiger partial charge in [-0.2, -0.15) is 0 Å². The summed E-state index contributed by atoms with van der Waals surface area (Å²) in [7, 11) is 4.10. The molecule has 0 bridgehead atoms. The molecule has 0 fully saturated rings. The number of rotatable bonds is 7. The number of aryl methyl sites for hydroxylation is 3. The standard InChI is InChI=1S/C26H27NO6/c1-15-9-7-8-10-19(15)14-33-20-12-11-18(13-21(20)30-4)24-22(25(28)31-5)16(2)27-17(3)23(24)26(29)32-6/h7-13H,14H2,1-6H3. The number of carbonyl (C=O) groups excluding carboxylic acids is 2. The van der Waals surface area contributed by atoms with E-state index in [-0.39, 0.29) is 11.1 Å². The second kappa shape index (κ2) is 10.2. The molecule has 7 heteroatoms. The minimum absolute atomic E-state index is 0.194. The Morgan fingerprint density at radius 2 is 1.42 bits per heavy atom. The van der Waals surface area contributed by atoms with Crippen LogP contribution >= 0.6 is 0 Å². The zero-order chi connectivity index (χ0) is 24.1. The maximum absolute atomic E-state index is 12.6. The zero-order valence-electron chi connectivity index (χ0n) is 19.6. The molecular weight excluding hydrogens is 422 g/mol. The first-order valence-corrected chi connectivity index (χ1v) is 10.4. The smallest absolute Gasteiger partial charge is 0.340 e. The van der Waals surface area contributed by atoms with Crippen LogP contribution in [0, 0.1) is 20.8 Å². The number of hydrogen-bond acceptors (Lipinski definition) is 7. The van der Waals surface area contributed by atoms with Gasteiger partial charge < -0.3 is 18.9 Å². The Kier molecular flexibility index (Phi) is 7.33. The maximum atomic E-state index is 12.6. The maximum Gasteiger partial charge on any atom is 0.340 e. The Labute approximate surface area is 193 Å². The van der Waals surface area contributed by atoms with Gasteiger partial charge in [-0.1, -0.05) is 30.3 Å². The van der Waals surface area contributed by atoms with E-state index in [2.05, 4.69) is 4.98 Å². The fourth-order valence-electron chi connectivity index (χ4n) is 3.71. The number of pyridine rings is 1. The highest BCUT2D eigenvalue weighted by Gasteiger charge is 2.27. The van der Waals surface area contributed by atoms with Crippen molar-refractivity contribution in [2.75, 3.05) is 21.3 Å². The highest BCUT2D eigenvalue weighted by Crippen LogP contribution is 2.38. The first-order valence-electron chi connectivity index (χ1n) is 10.4. The van der Waals surface area contributed by atoms with E-state index in [4.69, 9.17) is 18.9 Å². The highest BCUT2D eigenvalue weighted by atomic mass is 16.5. The Hall–Kier alpha value is -3.87. The molecule has 0 spiro atoms. The molecule has 0 unspecified atom stereocenters. The van der Waals surface area contributed by atoms with E-state index >= 15 is 0 Å². The van der Waals surface area contributed by atoms with Gasteiger partial charge in [0, 0.05) is 5.56 Å². The van der Waals surface area contributed by atoms with Crippen molar-refractivity contribution in [1.82, 2.24) is 4.98 Å². The number of methoxy groups -OCH3 is 3. The molecule has 33 heavy (non-hydrogen) atoms. The number of nitrogens with zero attached hydrogens (tertiary/aromatic N) is 1. The van der Waals surface area contributed by atoms with E-state index in [1.54, 1.807) is 32.0 Å². The van der Waals surface area contributed by atoms with Gasteiger partial charge in [0.1, 0.15) is 6.61 Å². The summed E-state index contributed by atoms with van der Waals surface area (Å²) in [6, 6.07) is 13.2. The normalized spacial score (nSPS) is 10.5. The number of esters is 2. The molecule has 0 atom stereocenters. The summed E-state index contributed by atoms with van der Waals surface area (Å²) in [5.41, 5.74) is 4.41. The number of hydrogen-bond donors (Lipinski definition) is 0. The molecule has 3 rings (SSSR count). The third-order valence-corrected chi connectivity index (χ3v) is 5.43. The van der Waals surface area contributed by atoms with Gasteiger partial charge in [0.05, 0.1) is 43.8 Å². The van der Waals surface area contributed by atoms with Crippen molar-refractivity contribution in [2.45, 2.75) is 27.4 Å². The first kappa shape index (κ1) is 23.8. The van der Waals surface area contributed by atoms with Crippen LogP contribution in [0.2, 0.25) is 0 Å². The van der Waals surface area contributed by atoms with Crippen LogP contribution in [-0.2, 0) is 16.1 Å². The van der Waals surface area contributed by atoms with Crippen molar-refractivity contribution in [1.29, 1.82) is 0 Å². The van der Waals surface area contributed by atoms with Crippen molar-refractivity contribution < 1.29 is 28.5 Å². The Morgan fingerprint density at radius 1 is 0.818 bits per heavy atom. The molecule has 7 nitrogen and oxygen atoms in total. The summed E-state index contributed by atoms with van der Waals surface area (Å²) in [5, 5.41) is 0. The molecule has 0 amide bonds. The lowest BCUT2D eigenvalue weighted by Crippen LogP contribution is -2.16. The average Bonchev–Trinajstić information content (AvgIpc) is 2.82. The predicted octanol–water partition coefficient (Wildman–Crippen LogP) is 4.83. The summed E-state index contributed by atoms with van der Waals surface area (Å²) in [5.74, 6) is -0.205. The molecular formula is C26H27NO6. The fraction of sp³-hybridized carbons (Fsp3) is 0.269. The van der Waals surface area contributed by atoms with Crippen molar-refractivity contribution >= 4 is 11.9 Å². The van der Waals surface area contributed by atoms with Crippen LogP contribution in [0.3, 0.4) is 0 Å². The van der Waals surface area contributed by atoms with Gasteiger partial charge in [0.15, 0.2) is 11.5 Å². The summed E-state index contributed by atoms with van der Waals surface area (Å²) >= 11 is 0. The Bertz CT molecular complexity index is 1160. The van der Waals surface area contributed by atoms with Gasteiger partial charge in [-0.3, -0.25) is 4.98 Å². The lowest BCUT2D eigenvalue weighted by atomic mass is 9.92. The van der Waals surface area contributed by atoms with E-state index in [1.165, 1.54) is 21.3 Å². The third-order valence-electron chi connectivity index (χ3n) is 5.43. The number of aromatic nitrogens is 1. The molecule has 0 aliphatic rings. The summed E-state index contributed by atoms with van der Waals surface area (Å²) in [6.45, 7) is 5.79. The second-order valence-corrected chi connectivity index (χ2v) is 7.47. The lowest BCUT2D eigenvalue weighted by molar-refractivity contribution is 0.0599. The van der Waals surface area contributed by atoms with Gasteiger partial charge in [-0.25, -0.2) is 9.59 Å². The largest absolute Gasteiger partial charge is 0.493 e. The minimum Gasteiger partial charge on any atom is -0.493 e. The summed E-state index contributed by atoms with van der Waals surface area (Å²) in [6.07, 6.45) is 0. The number of benzene rings is 2. The zero-order valence-corrected chi connectivity index (χ0v) is 19.6. The molecule has 172 valence electrons. The first-order chi connectivity index (χ1) is 15.8. The molecule has 0 aliphatic heterocycles. The molecule has 0 N–H and O–H groups in total. The molecule has 3 aromatic rings. The van der Waals surface area contributed by atoms with Crippen molar-refractivity contribution in [2.24, 2.45) is 0 Å². The number of carbonyl (C=O) groups is 2. The lowest BCUT2D eigenvalue weighted by Gasteiger charge is -2.18. The van der Waals surface area contributed by atoms with Crippen LogP contribution in [-0.4, -0.2) is 38.3 Å². The van der Waals surface area contributed by atoms with Crippen LogP contribution < -0.4 is 9.47 Å². The molecule has 0 radical (unpaired) electrons. The second-order valence-electron chi connectivity index (χ2n) is 7.47. The van der Waals surface area contributed by atoms with Crippen LogP contribution in [0.4, 0.5) is 0 Å². The molecule has 1 heterocycles. The molecule has 0 saturated heterocycles. The predicted molar refractivity (Wildman–Crippen MR) is 124 cm³/mol. The van der Waals surface area contributed by atoms with E-state index in [0.29, 0.717) is 40.6 Å². The van der Waals surface area contributed by atoms with E-state index in [1.807, 2.05) is 31.2 Å². The van der Waals surface area contributed by atoms with Gasteiger partial charge >= 0.3 is 11.9 Å². The third kappa shape index (κ3) is 4.82. The van der Waals surface area contributed by atoms with Gasteiger partial charge in [0.2, 0.25) is 0 Å².